The van der Waals surface area contributed by atoms with Crippen molar-refractivity contribution >= 4 is 34.7 Å². The highest BCUT2D eigenvalue weighted by Gasteiger charge is 2.12. The Hall–Kier alpha value is -4.26. The average molecular weight is 414 g/mol. The first-order chi connectivity index (χ1) is 14.9. The summed E-state index contributed by atoms with van der Waals surface area (Å²) in [4.78, 5) is 26.4. The molecule has 154 valence electrons. The number of nitro benzene ring substituents is 1. The first kappa shape index (κ1) is 20.0. The Labute approximate surface area is 177 Å². The SMILES string of the molecule is CC(=O)Oc1cccc2ccc(C=Cc3ccc(-c4ccc([N+](=O)[O-])cc4C)o3)nc12. The number of aromatic nitrogens is 1. The standard InChI is InChI=1S/C24H18N2O5/c1-15-14-19(26(28)29)9-12-21(15)22-13-11-20(31-22)10-8-18-7-6-17-4-3-5-23(24(17)25-18)30-16(2)27/h3-14H,1-2H3. The van der Waals surface area contributed by atoms with Crippen LogP contribution in [0.5, 0.6) is 5.75 Å². The number of fused-ring (bicyclic) bond motifs is 1. The molecule has 4 aromatic rings. The van der Waals surface area contributed by atoms with E-state index < -0.39 is 10.9 Å². The van der Waals surface area contributed by atoms with Gasteiger partial charge in [-0.05, 0) is 55.0 Å². The van der Waals surface area contributed by atoms with Crippen molar-refractivity contribution in [3.63, 3.8) is 0 Å². The van der Waals surface area contributed by atoms with Crippen LogP contribution in [0.2, 0.25) is 0 Å². The minimum Gasteiger partial charge on any atom is -0.457 e. The number of hydrogen-bond donors (Lipinski definition) is 0. The highest BCUT2D eigenvalue weighted by atomic mass is 16.6. The van der Waals surface area contributed by atoms with Gasteiger partial charge in [0.15, 0.2) is 5.75 Å². The van der Waals surface area contributed by atoms with E-state index in [1.807, 2.05) is 36.4 Å². The third-order valence-corrected chi connectivity index (χ3v) is 4.69. The summed E-state index contributed by atoms with van der Waals surface area (Å²) in [6.07, 6.45) is 3.59. The number of nitrogens with zero attached hydrogens (tertiary/aromatic N) is 2. The lowest BCUT2D eigenvalue weighted by Crippen LogP contribution is -2.02. The molecule has 31 heavy (non-hydrogen) atoms. The molecule has 7 heteroatoms. The van der Waals surface area contributed by atoms with Crippen molar-refractivity contribution in [3.8, 4) is 17.1 Å². The van der Waals surface area contributed by atoms with Crippen LogP contribution in [0.1, 0.15) is 23.9 Å². The molecule has 0 fully saturated rings. The van der Waals surface area contributed by atoms with Gasteiger partial charge in [0.05, 0.1) is 10.6 Å². The summed E-state index contributed by atoms with van der Waals surface area (Å²) < 4.78 is 11.1. The van der Waals surface area contributed by atoms with Crippen LogP contribution in [-0.4, -0.2) is 15.9 Å². The van der Waals surface area contributed by atoms with E-state index in [0.717, 1.165) is 16.5 Å². The van der Waals surface area contributed by atoms with E-state index in [1.165, 1.54) is 19.1 Å². The van der Waals surface area contributed by atoms with Gasteiger partial charge in [0.25, 0.3) is 5.69 Å². The Morgan fingerprint density at radius 3 is 2.68 bits per heavy atom. The van der Waals surface area contributed by atoms with Crippen molar-refractivity contribution in [3.05, 3.63) is 87.8 Å². The lowest BCUT2D eigenvalue weighted by molar-refractivity contribution is -0.384. The van der Waals surface area contributed by atoms with Crippen molar-refractivity contribution in [2.24, 2.45) is 0 Å². The van der Waals surface area contributed by atoms with Gasteiger partial charge < -0.3 is 9.15 Å². The Morgan fingerprint density at radius 2 is 1.94 bits per heavy atom. The second-order valence-corrected chi connectivity index (χ2v) is 6.95. The molecule has 2 heterocycles. The molecule has 0 saturated heterocycles. The molecule has 0 N–H and O–H groups in total. The molecule has 2 aromatic heterocycles. The number of ether oxygens (including phenoxy) is 1. The second-order valence-electron chi connectivity index (χ2n) is 6.95. The largest absolute Gasteiger partial charge is 0.457 e. The predicted molar refractivity (Wildman–Crippen MR) is 118 cm³/mol. The number of nitro groups is 1. The summed E-state index contributed by atoms with van der Waals surface area (Å²) in [6, 6.07) is 17.5. The van der Waals surface area contributed by atoms with Gasteiger partial charge >= 0.3 is 5.97 Å². The topological polar surface area (TPSA) is 95.5 Å². The Bertz CT molecular complexity index is 1340. The smallest absolute Gasteiger partial charge is 0.308 e. The zero-order valence-electron chi connectivity index (χ0n) is 16.9. The lowest BCUT2D eigenvalue weighted by Gasteiger charge is -2.05. The number of para-hydroxylation sites is 1. The highest BCUT2D eigenvalue weighted by Crippen LogP contribution is 2.29. The molecule has 0 unspecified atom stereocenters. The third kappa shape index (κ3) is 4.35. The van der Waals surface area contributed by atoms with Crippen LogP contribution in [0.3, 0.4) is 0 Å². The molecule has 4 rings (SSSR count). The third-order valence-electron chi connectivity index (χ3n) is 4.69. The van der Waals surface area contributed by atoms with Gasteiger partial charge in [-0.3, -0.25) is 14.9 Å². The van der Waals surface area contributed by atoms with Crippen LogP contribution in [0, 0.1) is 17.0 Å². The molecule has 0 aliphatic heterocycles. The molecule has 7 nitrogen and oxygen atoms in total. The summed E-state index contributed by atoms with van der Waals surface area (Å²) >= 11 is 0. The normalized spacial score (nSPS) is 11.2. The average Bonchev–Trinajstić information content (AvgIpc) is 3.20. The number of aryl methyl sites for hydroxylation is 1. The molecule has 0 aliphatic rings. The van der Waals surface area contributed by atoms with Gasteiger partial charge in [-0.2, -0.15) is 0 Å². The minimum absolute atomic E-state index is 0.0448. The van der Waals surface area contributed by atoms with Crippen molar-refractivity contribution in [2.45, 2.75) is 13.8 Å². The molecule has 2 aromatic carbocycles. The number of benzene rings is 2. The van der Waals surface area contributed by atoms with Crippen LogP contribution in [0.15, 0.2) is 65.1 Å². The van der Waals surface area contributed by atoms with Crippen molar-refractivity contribution in [2.75, 3.05) is 0 Å². The van der Waals surface area contributed by atoms with Crippen molar-refractivity contribution in [1.29, 1.82) is 0 Å². The molecule has 0 aliphatic carbocycles. The monoisotopic (exact) mass is 414 g/mol. The fourth-order valence-electron chi connectivity index (χ4n) is 3.26. The van der Waals surface area contributed by atoms with Crippen molar-refractivity contribution < 1.29 is 18.9 Å². The molecule has 0 spiro atoms. The van der Waals surface area contributed by atoms with Gasteiger partial charge in [-0.15, -0.1) is 0 Å². The van der Waals surface area contributed by atoms with E-state index in [2.05, 4.69) is 4.98 Å². The quantitative estimate of drug-likeness (QED) is 0.177. The lowest BCUT2D eigenvalue weighted by atomic mass is 10.1. The fourth-order valence-corrected chi connectivity index (χ4v) is 3.26. The number of pyridine rings is 1. The maximum atomic E-state index is 11.3. The van der Waals surface area contributed by atoms with Crippen LogP contribution in [0.25, 0.3) is 34.4 Å². The predicted octanol–water partition coefficient (Wildman–Crippen LogP) is 5.81. The van der Waals surface area contributed by atoms with E-state index in [-0.39, 0.29) is 5.69 Å². The van der Waals surface area contributed by atoms with E-state index in [0.29, 0.717) is 28.5 Å². The number of carbonyl (C=O) groups is 1. The number of esters is 1. The Morgan fingerprint density at radius 1 is 1.10 bits per heavy atom. The number of furan rings is 1. The van der Waals surface area contributed by atoms with Crippen LogP contribution >= 0.6 is 0 Å². The minimum atomic E-state index is -0.420. The molecule has 0 atom stereocenters. The Kier molecular flexibility index (Phi) is 5.32. The van der Waals surface area contributed by atoms with E-state index in [1.54, 1.807) is 31.2 Å². The zero-order valence-corrected chi connectivity index (χ0v) is 16.9. The molecular weight excluding hydrogens is 396 g/mol. The number of non-ortho nitro benzene ring substituents is 1. The van der Waals surface area contributed by atoms with Gasteiger partial charge in [0, 0.05) is 30.0 Å². The van der Waals surface area contributed by atoms with Crippen molar-refractivity contribution in [1.82, 2.24) is 4.98 Å². The molecule has 0 radical (unpaired) electrons. The van der Waals surface area contributed by atoms with Crippen LogP contribution in [-0.2, 0) is 4.79 Å². The second kappa shape index (κ2) is 8.23. The Balaban J connectivity index is 1.60. The van der Waals surface area contributed by atoms with Gasteiger partial charge in [-0.1, -0.05) is 18.2 Å². The molecule has 0 amide bonds. The summed E-state index contributed by atoms with van der Waals surface area (Å²) in [5.74, 6) is 1.24. The number of rotatable bonds is 5. The fraction of sp³-hybridized carbons (Fsp3) is 0.0833. The summed E-state index contributed by atoms with van der Waals surface area (Å²) in [7, 11) is 0. The maximum absolute atomic E-state index is 11.3. The first-order valence-electron chi connectivity index (χ1n) is 9.52. The first-order valence-corrected chi connectivity index (χ1v) is 9.52. The molecular formula is C24H18N2O5. The van der Waals surface area contributed by atoms with E-state index in [4.69, 9.17) is 9.15 Å². The van der Waals surface area contributed by atoms with Crippen LogP contribution in [0.4, 0.5) is 5.69 Å². The zero-order chi connectivity index (χ0) is 22.0. The van der Waals surface area contributed by atoms with Gasteiger partial charge in [0.1, 0.15) is 17.0 Å². The summed E-state index contributed by atoms with van der Waals surface area (Å²) in [5.41, 5.74) is 2.87. The summed E-state index contributed by atoms with van der Waals surface area (Å²) in [6.45, 7) is 3.16. The van der Waals surface area contributed by atoms with E-state index >= 15 is 0 Å². The number of hydrogen-bond acceptors (Lipinski definition) is 6. The van der Waals surface area contributed by atoms with Crippen LogP contribution < -0.4 is 4.74 Å². The number of carbonyl (C=O) groups excluding carboxylic acids is 1. The highest BCUT2D eigenvalue weighted by molar-refractivity contribution is 5.88. The summed E-state index contributed by atoms with van der Waals surface area (Å²) in [5, 5.41) is 11.8. The van der Waals surface area contributed by atoms with Gasteiger partial charge in [-0.25, -0.2) is 4.98 Å². The maximum Gasteiger partial charge on any atom is 0.308 e. The van der Waals surface area contributed by atoms with Gasteiger partial charge in [0.2, 0.25) is 0 Å². The molecule has 0 bridgehead atoms. The van der Waals surface area contributed by atoms with E-state index in [9.17, 15) is 14.9 Å². The molecule has 0 saturated carbocycles.